The second-order valence-corrected chi connectivity index (χ2v) is 6.92. The Hall–Kier alpha value is -0.380. The largest absolute Gasteiger partial charge is 0.312 e. The molecule has 0 aromatic heterocycles. The van der Waals surface area contributed by atoms with Crippen LogP contribution in [-0.2, 0) is 6.54 Å². The monoisotopic (exact) mass is 310 g/mol. The Balaban J connectivity index is 1.97. The zero-order valence-electron chi connectivity index (χ0n) is 11.5. The zero-order chi connectivity index (χ0) is 13.2. The van der Waals surface area contributed by atoms with Gasteiger partial charge in [0.15, 0.2) is 0 Å². The Morgan fingerprint density at radius 3 is 2.89 bits per heavy atom. The first-order valence-electron chi connectivity index (χ1n) is 6.66. The number of nitrogens with one attached hydrogen (secondary N) is 1. The summed E-state index contributed by atoms with van der Waals surface area (Å²) in [6.07, 6.45) is 2.46. The fourth-order valence-corrected chi connectivity index (χ4v) is 3.22. The van der Waals surface area contributed by atoms with Gasteiger partial charge in [-0.15, -0.1) is 0 Å². The van der Waals surface area contributed by atoms with Crippen molar-refractivity contribution in [3.63, 3.8) is 0 Å². The average Bonchev–Trinajstić information content (AvgIpc) is 2.27. The van der Waals surface area contributed by atoms with Gasteiger partial charge in [0.25, 0.3) is 0 Å². The minimum atomic E-state index is 0.272. The average molecular weight is 311 g/mol. The van der Waals surface area contributed by atoms with Crippen LogP contribution >= 0.6 is 15.9 Å². The standard InChI is InChI=1S/C15H23BrN2/c1-15(2)10-14(7-8-17-15)18(3)11-12-5-4-6-13(16)9-12/h4-6,9,14,17H,7-8,10-11H2,1-3H3. The number of hydrogen-bond donors (Lipinski definition) is 1. The van der Waals surface area contributed by atoms with E-state index in [0.29, 0.717) is 6.04 Å². The van der Waals surface area contributed by atoms with Gasteiger partial charge in [0.05, 0.1) is 0 Å². The third-order valence-electron chi connectivity index (χ3n) is 3.77. The molecule has 0 bridgehead atoms. The number of piperidine rings is 1. The molecule has 0 spiro atoms. The molecule has 0 aliphatic carbocycles. The van der Waals surface area contributed by atoms with Gasteiger partial charge in [-0.25, -0.2) is 0 Å². The van der Waals surface area contributed by atoms with Crippen LogP contribution in [0, 0.1) is 0 Å². The van der Waals surface area contributed by atoms with Crippen molar-refractivity contribution in [2.45, 2.75) is 44.8 Å². The van der Waals surface area contributed by atoms with Gasteiger partial charge in [-0.3, -0.25) is 4.90 Å². The van der Waals surface area contributed by atoms with Crippen molar-refractivity contribution in [2.75, 3.05) is 13.6 Å². The fraction of sp³-hybridized carbons (Fsp3) is 0.600. The molecular weight excluding hydrogens is 288 g/mol. The van der Waals surface area contributed by atoms with Crippen molar-refractivity contribution in [1.82, 2.24) is 10.2 Å². The van der Waals surface area contributed by atoms with Crippen LogP contribution in [0.4, 0.5) is 0 Å². The quantitative estimate of drug-likeness (QED) is 0.920. The molecule has 100 valence electrons. The predicted octanol–water partition coefficient (Wildman–Crippen LogP) is 3.41. The van der Waals surface area contributed by atoms with Gasteiger partial charge in [-0.05, 0) is 58.0 Å². The molecule has 2 rings (SSSR count). The molecule has 0 saturated carbocycles. The molecule has 1 fully saturated rings. The van der Waals surface area contributed by atoms with Crippen molar-refractivity contribution in [3.8, 4) is 0 Å². The first-order valence-corrected chi connectivity index (χ1v) is 7.45. The lowest BCUT2D eigenvalue weighted by Crippen LogP contribution is -2.52. The fourth-order valence-electron chi connectivity index (χ4n) is 2.77. The van der Waals surface area contributed by atoms with Crippen molar-refractivity contribution in [2.24, 2.45) is 0 Å². The highest BCUT2D eigenvalue weighted by Crippen LogP contribution is 2.23. The van der Waals surface area contributed by atoms with Crippen molar-refractivity contribution in [3.05, 3.63) is 34.3 Å². The Bertz CT molecular complexity index is 403. The molecule has 0 amide bonds. The number of halogens is 1. The summed E-state index contributed by atoms with van der Waals surface area (Å²) < 4.78 is 1.17. The molecule has 1 heterocycles. The molecule has 1 aliphatic heterocycles. The highest BCUT2D eigenvalue weighted by Gasteiger charge is 2.29. The molecule has 1 aromatic rings. The van der Waals surface area contributed by atoms with E-state index in [1.807, 2.05) is 0 Å². The summed E-state index contributed by atoms with van der Waals surface area (Å²) in [4.78, 5) is 2.49. The third-order valence-corrected chi connectivity index (χ3v) is 4.26. The van der Waals surface area contributed by atoms with E-state index in [9.17, 15) is 0 Å². The van der Waals surface area contributed by atoms with Gasteiger partial charge in [0.1, 0.15) is 0 Å². The summed E-state index contributed by atoms with van der Waals surface area (Å²) in [5, 5.41) is 3.58. The highest BCUT2D eigenvalue weighted by molar-refractivity contribution is 9.10. The molecule has 0 radical (unpaired) electrons. The molecule has 1 aliphatic rings. The topological polar surface area (TPSA) is 15.3 Å². The van der Waals surface area contributed by atoms with Crippen LogP contribution in [0.15, 0.2) is 28.7 Å². The normalized spacial score (nSPS) is 23.3. The van der Waals surface area contributed by atoms with Gasteiger partial charge < -0.3 is 5.32 Å². The van der Waals surface area contributed by atoms with Gasteiger partial charge >= 0.3 is 0 Å². The lowest BCUT2D eigenvalue weighted by Gasteiger charge is -2.40. The number of nitrogens with zero attached hydrogens (tertiary/aromatic N) is 1. The number of hydrogen-bond acceptors (Lipinski definition) is 2. The Kier molecular flexibility index (Phi) is 4.46. The van der Waals surface area contributed by atoms with E-state index < -0.39 is 0 Å². The van der Waals surface area contributed by atoms with E-state index in [-0.39, 0.29) is 5.54 Å². The molecule has 2 nitrogen and oxygen atoms in total. The van der Waals surface area contributed by atoms with Crippen LogP contribution in [0.2, 0.25) is 0 Å². The van der Waals surface area contributed by atoms with Crippen molar-refractivity contribution < 1.29 is 0 Å². The van der Waals surface area contributed by atoms with Crippen LogP contribution in [0.1, 0.15) is 32.3 Å². The summed E-state index contributed by atoms with van der Waals surface area (Å²) >= 11 is 3.54. The Labute approximate surface area is 119 Å². The molecule has 1 unspecified atom stereocenters. The predicted molar refractivity (Wildman–Crippen MR) is 80.7 cm³/mol. The maximum atomic E-state index is 3.58. The molecule has 1 N–H and O–H groups in total. The summed E-state index contributed by atoms with van der Waals surface area (Å²) in [6.45, 7) is 6.75. The van der Waals surface area contributed by atoms with Crippen LogP contribution < -0.4 is 5.32 Å². The molecule has 1 atom stereocenters. The van der Waals surface area contributed by atoms with Crippen LogP contribution in [-0.4, -0.2) is 30.1 Å². The first-order chi connectivity index (χ1) is 8.46. The summed E-state index contributed by atoms with van der Waals surface area (Å²) in [6, 6.07) is 9.28. The molecular formula is C15H23BrN2. The van der Waals surface area contributed by atoms with E-state index in [4.69, 9.17) is 0 Å². The molecule has 1 saturated heterocycles. The lowest BCUT2D eigenvalue weighted by atomic mass is 9.88. The van der Waals surface area contributed by atoms with Crippen LogP contribution in [0.3, 0.4) is 0 Å². The maximum Gasteiger partial charge on any atom is 0.0234 e. The number of rotatable bonds is 3. The zero-order valence-corrected chi connectivity index (χ0v) is 13.1. The SMILES string of the molecule is CN(Cc1cccc(Br)c1)C1CCNC(C)(C)C1. The lowest BCUT2D eigenvalue weighted by molar-refractivity contribution is 0.138. The van der Waals surface area contributed by atoms with E-state index in [0.717, 1.165) is 13.1 Å². The van der Waals surface area contributed by atoms with Gasteiger partial charge in [-0.2, -0.15) is 0 Å². The summed E-state index contributed by atoms with van der Waals surface area (Å²) in [5.74, 6) is 0. The van der Waals surface area contributed by atoms with E-state index in [1.165, 1.54) is 22.9 Å². The van der Waals surface area contributed by atoms with E-state index in [2.05, 4.69) is 71.3 Å². The van der Waals surface area contributed by atoms with Gasteiger partial charge in [0.2, 0.25) is 0 Å². The van der Waals surface area contributed by atoms with Gasteiger partial charge in [-0.1, -0.05) is 28.1 Å². The van der Waals surface area contributed by atoms with E-state index in [1.54, 1.807) is 0 Å². The summed E-state index contributed by atoms with van der Waals surface area (Å²) in [7, 11) is 2.24. The summed E-state index contributed by atoms with van der Waals surface area (Å²) in [5.41, 5.74) is 1.65. The first kappa shape index (κ1) is 14.0. The van der Waals surface area contributed by atoms with E-state index >= 15 is 0 Å². The maximum absolute atomic E-state index is 3.58. The second kappa shape index (κ2) is 5.72. The van der Waals surface area contributed by atoms with Crippen molar-refractivity contribution >= 4 is 15.9 Å². The van der Waals surface area contributed by atoms with Crippen LogP contribution in [0.5, 0.6) is 0 Å². The van der Waals surface area contributed by atoms with Crippen LogP contribution in [0.25, 0.3) is 0 Å². The number of benzene rings is 1. The molecule has 1 aromatic carbocycles. The third kappa shape index (κ3) is 3.81. The minimum Gasteiger partial charge on any atom is -0.312 e. The Morgan fingerprint density at radius 2 is 2.22 bits per heavy atom. The smallest absolute Gasteiger partial charge is 0.0234 e. The Morgan fingerprint density at radius 1 is 1.44 bits per heavy atom. The molecule has 18 heavy (non-hydrogen) atoms. The molecule has 3 heteroatoms. The highest BCUT2D eigenvalue weighted by atomic mass is 79.9. The van der Waals surface area contributed by atoms with Gasteiger partial charge in [0, 0.05) is 22.6 Å². The minimum absolute atomic E-state index is 0.272. The van der Waals surface area contributed by atoms with Crippen molar-refractivity contribution in [1.29, 1.82) is 0 Å². The second-order valence-electron chi connectivity index (χ2n) is 6.00.